The summed E-state index contributed by atoms with van der Waals surface area (Å²) < 4.78 is 18.8. The van der Waals surface area contributed by atoms with Crippen LogP contribution in [0, 0.1) is 0 Å². The van der Waals surface area contributed by atoms with Gasteiger partial charge in [-0.25, -0.2) is 9.19 Å². The molecule has 1 heterocycles. The van der Waals surface area contributed by atoms with Gasteiger partial charge >= 0.3 is 0 Å². The van der Waals surface area contributed by atoms with Gasteiger partial charge in [-0.15, -0.1) is 11.3 Å². The maximum atomic E-state index is 10.4. The largest absolute Gasteiger partial charge is 0.364 e. The van der Waals surface area contributed by atoms with Gasteiger partial charge in [0.05, 0.1) is 0 Å². The minimum absolute atomic E-state index is 0.0150. The Morgan fingerprint density at radius 1 is 1.82 bits per heavy atom. The van der Waals surface area contributed by atoms with E-state index in [0.717, 1.165) is 11.3 Å². The molecule has 5 nitrogen and oxygen atoms in total. The van der Waals surface area contributed by atoms with Crippen molar-refractivity contribution in [3.8, 4) is 0 Å². The van der Waals surface area contributed by atoms with Gasteiger partial charge in [-0.3, -0.25) is 4.79 Å². The van der Waals surface area contributed by atoms with Gasteiger partial charge in [-0.1, -0.05) is 0 Å². The zero-order chi connectivity index (χ0) is 8.43. The van der Waals surface area contributed by atoms with E-state index in [4.69, 9.17) is 10.3 Å². The third-order valence-corrected chi connectivity index (χ3v) is 2.63. The number of carbonyl (C=O) groups excluding carboxylic acids is 1. The van der Waals surface area contributed by atoms with Crippen molar-refractivity contribution in [1.82, 2.24) is 4.98 Å². The monoisotopic (exact) mass is 192 g/mol. The first-order valence-electron chi connectivity index (χ1n) is 2.47. The Hall–Kier alpha value is -0.790. The van der Waals surface area contributed by atoms with Crippen LogP contribution < -0.4 is 5.73 Å². The molecule has 0 aliphatic carbocycles. The third-order valence-electron chi connectivity index (χ3n) is 0.885. The fraction of sp³-hybridized carbons (Fsp3) is 0. The van der Waals surface area contributed by atoms with Gasteiger partial charge in [0.25, 0.3) is 5.91 Å². The van der Waals surface area contributed by atoms with Crippen LogP contribution in [-0.2, 0) is 11.1 Å². The molecule has 0 aromatic carbocycles. The number of rotatable bonds is 2. The van der Waals surface area contributed by atoms with Crippen LogP contribution >= 0.6 is 11.3 Å². The molecule has 0 spiro atoms. The third kappa shape index (κ3) is 1.82. The number of hydrogen-bond acceptors (Lipinski definition) is 4. The molecule has 1 unspecified atom stereocenters. The quantitative estimate of drug-likeness (QED) is 0.636. The highest BCUT2D eigenvalue weighted by atomic mass is 32.2. The number of carbonyl (C=O) groups is 1. The van der Waals surface area contributed by atoms with Crippen molar-refractivity contribution in [3.05, 3.63) is 11.1 Å². The molecule has 1 amide bonds. The van der Waals surface area contributed by atoms with E-state index in [0.29, 0.717) is 0 Å². The molecule has 0 fully saturated rings. The summed E-state index contributed by atoms with van der Waals surface area (Å²) in [6, 6.07) is 0. The molecule has 1 atom stereocenters. The van der Waals surface area contributed by atoms with Gasteiger partial charge in [-0.2, -0.15) is 0 Å². The highest BCUT2D eigenvalue weighted by Crippen LogP contribution is 2.11. The molecule has 0 radical (unpaired) electrons. The predicted octanol–water partition coefficient (Wildman–Crippen LogP) is -0.177. The average molecular weight is 192 g/mol. The molecule has 11 heavy (non-hydrogen) atoms. The topological polar surface area (TPSA) is 93.3 Å². The first kappa shape index (κ1) is 8.31. The van der Waals surface area contributed by atoms with E-state index in [-0.39, 0.29) is 10.0 Å². The molecule has 0 bridgehead atoms. The lowest BCUT2D eigenvalue weighted by Gasteiger charge is -1.83. The van der Waals surface area contributed by atoms with Gasteiger partial charge in [-0.05, 0) is 0 Å². The Morgan fingerprint density at radius 3 is 2.73 bits per heavy atom. The van der Waals surface area contributed by atoms with E-state index in [9.17, 15) is 9.00 Å². The van der Waals surface area contributed by atoms with E-state index in [1.165, 1.54) is 5.38 Å². The molecule has 3 N–H and O–H groups in total. The van der Waals surface area contributed by atoms with Crippen LogP contribution in [0.4, 0.5) is 0 Å². The van der Waals surface area contributed by atoms with Crippen LogP contribution in [0.3, 0.4) is 0 Å². The first-order valence-corrected chi connectivity index (χ1v) is 4.46. The molecule has 0 aliphatic heterocycles. The number of nitrogens with two attached hydrogens (primary N) is 1. The van der Waals surface area contributed by atoms with Crippen molar-refractivity contribution < 1.29 is 13.6 Å². The predicted molar refractivity (Wildman–Crippen MR) is 39.7 cm³/mol. The molecular formula is C4H4N2O3S2. The Morgan fingerprint density at radius 2 is 2.45 bits per heavy atom. The van der Waals surface area contributed by atoms with Crippen LogP contribution in [0.2, 0.25) is 0 Å². The molecule has 60 valence electrons. The molecule has 0 aliphatic rings. The molecule has 1 aromatic rings. The second-order valence-electron chi connectivity index (χ2n) is 1.61. The summed E-state index contributed by atoms with van der Waals surface area (Å²) in [5.41, 5.74) is 4.87. The van der Waals surface area contributed by atoms with Crippen molar-refractivity contribution in [3.63, 3.8) is 0 Å². The zero-order valence-electron chi connectivity index (χ0n) is 5.18. The number of nitrogens with zero attached hydrogens (tertiary/aromatic N) is 1. The van der Waals surface area contributed by atoms with E-state index in [2.05, 4.69) is 4.98 Å². The number of amides is 1. The molecule has 1 rings (SSSR count). The molecule has 0 saturated carbocycles. The van der Waals surface area contributed by atoms with Crippen LogP contribution in [0.15, 0.2) is 9.72 Å². The van der Waals surface area contributed by atoms with Gasteiger partial charge < -0.3 is 10.3 Å². The highest BCUT2D eigenvalue weighted by molar-refractivity contribution is 7.81. The summed E-state index contributed by atoms with van der Waals surface area (Å²) in [6.45, 7) is 0. The summed E-state index contributed by atoms with van der Waals surface area (Å²) in [5.74, 6) is -0.696. The maximum absolute atomic E-state index is 10.4. The molecule has 7 heteroatoms. The smallest absolute Gasteiger partial charge is 0.268 e. The van der Waals surface area contributed by atoms with Gasteiger partial charge in [0.2, 0.25) is 15.4 Å². The second kappa shape index (κ2) is 3.07. The Kier molecular flexibility index (Phi) is 2.32. The summed E-state index contributed by atoms with van der Waals surface area (Å²) >= 11 is -1.20. The summed E-state index contributed by atoms with van der Waals surface area (Å²) in [6.07, 6.45) is 0. The first-order chi connectivity index (χ1) is 5.11. The van der Waals surface area contributed by atoms with Crippen LogP contribution in [0.25, 0.3) is 0 Å². The van der Waals surface area contributed by atoms with Crippen molar-refractivity contribution in [1.29, 1.82) is 0 Å². The fourth-order valence-electron chi connectivity index (χ4n) is 0.451. The maximum Gasteiger partial charge on any atom is 0.268 e. The summed E-state index contributed by atoms with van der Waals surface area (Å²) in [4.78, 5) is 13.9. The van der Waals surface area contributed by atoms with Crippen molar-refractivity contribution in [2.24, 2.45) is 5.73 Å². The number of primary amides is 1. The van der Waals surface area contributed by atoms with Gasteiger partial charge in [0, 0.05) is 5.38 Å². The van der Waals surface area contributed by atoms with Crippen molar-refractivity contribution in [2.45, 2.75) is 4.34 Å². The van der Waals surface area contributed by atoms with Crippen LogP contribution in [0.1, 0.15) is 10.5 Å². The Labute approximate surface area is 68.5 Å². The molecule has 0 saturated heterocycles. The molecular weight excluding hydrogens is 188 g/mol. The summed E-state index contributed by atoms with van der Waals surface area (Å²) in [5, 5.41) is 1.34. The van der Waals surface area contributed by atoms with Crippen molar-refractivity contribution in [2.75, 3.05) is 0 Å². The van der Waals surface area contributed by atoms with E-state index < -0.39 is 17.0 Å². The van der Waals surface area contributed by atoms with Gasteiger partial charge in [0.1, 0.15) is 5.69 Å². The minimum atomic E-state index is -2.13. The average Bonchev–Trinajstić information content (AvgIpc) is 2.33. The normalized spacial score (nSPS) is 12.8. The number of thiazole rings is 1. The molecule has 1 aromatic heterocycles. The minimum Gasteiger partial charge on any atom is -0.364 e. The zero-order valence-corrected chi connectivity index (χ0v) is 6.82. The van der Waals surface area contributed by atoms with E-state index in [1.54, 1.807) is 0 Å². The number of aromatic nitrogens is 1. The SMILES string of the molecule is NC(=O)c1csc(S(=O)O)n1. The van der Waals surface area contributed by atoms with Gasteiger partial charge in [0.15, 0.2) is 0 Å². The number of hydrogen-bond donors (Lipinski definition) is 2. The van der Waals surface area contributed by atoms with Crippen molar-refractivity contribution >= 4 is 28.3 Å². The van der Waals surface area contributed by atoms with E-state index >= 15 is 0 Å². The lowest BCUT2D eigenvalue weighted by atomic mass is 10.5. The lowest BCUT2D eigenvalue weighted by Crippen LogP contribution is -2.11. The standard InChI is InChI=1S/C4H4N2O3S2/c5-3(7)2-1-10-4(6-2)11(8)9/h1H,(H2,5,7)(H,8,9). The highest BCUT2D eigenvalue weighted by Gasteiger charge is 2.09. The van der Waals surface area contributed by atoms with Crippen LogP contribution in [-0.4, -0.2) is 19.7 Å². The Bertz CT molecular complexity index is 280. The van der Waals surface area contributed by atoms with Crippen LogP contribution in [0.5, 0.6) is 0 Å². The van der Waals surface area contributed by atoms with E-state index in [1.807, 2.05) is 0 Å². The second-order valence-corrected chi connectivity index (χ2v) is 3.61. The summed E-state index contributed by atoms with van der Waals surface area (Å²) in [7, 11) is 0. The Balaban J connectivity index is 2.99. The lowest BCUT2D eigenvalue weighted by molar-refractivity contribution is 0.0996. The fourth-order valence-corrected chi connectivity index (χ4v) is 1.63.